The molecule has 0 saturated carbocycles. The van der Waals surface area contributed by atoms with Gasteiger partial charge in [0.2, 0.25) is 0 Å². The van der Waals surface area contributed by atoms with Crippen molar-refractivity contribution < 1.29 is 58.5 Å². The van der Waals surface area contributed by atoms with Crippen LogP contribution >= 0.6 is 0 Å². The number of carbonyl (C=O) groups excluding carboxylic acids is 3. The lowest BCUT2D eigenvalue weighted by atomic mass is 9.92. The van der Waals surface area contributed by atoms with Crippen LogP contribution in [0.3, 0.4) is 0 Å². The summed E-state index contributed by atoms with van der Waals surface area (Å²) in [5.74, 6) is 3.81. The highest BCUT2D eigenvalue weighted by molar-refractivity contribution is 5.67. The molecule has 0 amide bonds. The van der Waals surface area contributed by atoms with Gasteiger partial charge in [-0.15, -0.1) is 0 Å². The molecule has 1 aromatic carbocycles. The van der Waals surface area contributed by atoms with E-state index in [1.165, 1.54) is 20.8 Å². The van der Waals surface area contributed by atoms with E-state index in [1.54, 1.807) is 24.3 Å². The van der Waals surface area contributed by atoms with Crippen LogP contribution in [0.1, 0.15) is 44.4 Å². The number of hydrogen-bond donors (Lipinski definition) is 4. The highest BCUT2D eigenvalue weighted by Crippen LogP contribution is 2.36. The van der Waals surface area contributed by atoms with Gasteiger partial charge < -0.3 is 44.1 Å². The third-order valence-corrected chi connectivity index (χ3v) is 6.06. The summed E-state index contributed by atoms with van der Waals surface area (Å²) in [6.45, 7) is 3.02. The van der Waals surface area contributed by atoms with E-state index in [0.29, 0.717) is 11.1 Å². The van der Waals surface area contributed by atoms with Gasteiger partial charge >= 0.3 is 17.9 Å². The van der Waals surface area contributed by atoms with E-state index in [4.69, 9.17) is 23.7 Å². The van der Waals surface area contributed by atoms with E-state index < -0.39 is 79.5 Å². The van der Waals surface area contributed by atoms with Crippen molar-refractivity contribution in [1.29, 1.82) is 0 Å². The average Bonchev–Trinajstić information content (AvgIpc) is 2.86. The zero-order valence-electron chi connectivity index (χ0n) is 21.2. The summed E-state index contributed by atoms with van der Waals surface area (Å²) in [5.41, 5.74) is 0.956. The summed E-state index contributed by atoms with van der Waals surface area (Å²) in [6.07, 6.45) is -10.2. The second-order valence-corrected chi connectivity index (χ2v) is 9.08. The molecule has 38 heavy (non-hydrogen) atoms. The normalized spacial score (nSPS) is 32.9. The third-order valence-electron chi connectivity index (χ3n) is 6.06. The maximum absolute atomic E-state index is 11.9. The fraction of sp³-hybridized carbons (Fsp3) is 0.577. The Kier molecular flexibility index (Phi) is 10.2. The number of carbonyl (C=O) groups is 3. The van der Waals surface area contributed by atoms with Crippen molar-refractivity contribution in [3.63, 3.8) is 0 Å². The Morgan fingerprint density at radius 2 is 1.68 bits per heavy atom. The van der Waals surface area contributed by atoms with Crippen molar-refractivity contribution in [2.75, 3.05) is 13.2 Å². The number of aliphatic hydroxyl groups is 4. The van der Waals surface area contributed by atoms with Crippen LogP contribution in [0.4, 0.5) is 0 Å². The number of rotatable bonds is 6. The Bertz CT molecular complexity index is 1060. The maximum atomic E-state index is 11.9. The Morgan fingerprint density at radius 3 is 2.32 bits per heavy atom. The first-order chi connectivity index (χ1) is 18.0. The van der Waals surface area contributed by atoms with Gasteiger partial charge in [-0.2, -0.15) is 0 Å². The Morgan fingerprint density at radius 1 is 0.974 bits per heavy atom. The summed E-state index contributed by atoms with van der Waals surface area (Å²) in [5, 5.41) is 39.5. The minimum atomic E-state index is -1.56. The lowest BCUT2D eigenvalue weighted by Gasteiger charge is -2.40. The highest BCUT2D eigenvalue weighted by atomic mass is 16.6. The highest BCUT2D eigenvalue weighted by Gasteiger charge is 2.45. The Labute approximate surface area is 219 Å². The van der Waals surface area contributed by atoms with Crippen molar-refractivity contribution in [1.82, 2.24) is 0 Å². The molecule has 9 atom stereocenters. The number of aliphatic hydroxyl groups excluding tert-OH is 4. The van der Waals surface area contributed by atoms with Crippen LogP contribution in [-0.4, -0.2) is 100 Å². The van der Waals surface area contributed by atoms with E-state index in [0.717, 1.165) is 0 Å². The molecule has 0 bridgehead atoms. The first-order valence-electron chi connectivity index (χ1n) is 12.1. The van der Waals surface area contributed by atoms with Gasteiger partial charge in [0.1, 0.15) is 49.3 Å². The van der Waals surface area contributed by atoms with Gasteiger partial charge in [0.15, 0.2) is 6.10 Å². The van der Waals surface area contributed by atoms with E-state index in [1.807, 2.05) is 0 Å². The van der Waals surface area contributed by atoms with Gasteiger partial charge in [-0.3, -0.25) is 14.4 Å². The predicted molar refractivity (Wildman–Crippen MR) is 127 cm³/mol. The second kappa shape index (κ2) is 13.1. The lowest BCUT2D eigenvalue weighted by molar-refractivity contribution is -0.214. The molecule has 2 aliphatic rings. The molecular formula is C26H32O12. The van der Waals surface area contributed by atoms with Gasteiger partial charge in [-0.1, -0.05) is 24.0 Å². The molecule has 0 aromatic heterocycles. The summed E-state index contributed by atoms with van der Waals surface area (Å²) in [6, 6.07) is 6.65. The molecule has 3 rings (SSSR count). The van der Waals surface area contributed by atoms with Crippen LogP contribution in [0.25, 0.3) is 0 Å². The van der Waals surface area contributed by atoms with E-state index in [-0.39, 0.29) is 13.0 Å². The van der Waals surface area contributed by atoms with E-state index >= 15 is 0 Å². The van der Waals surface area contributed by atoms with Gasteiger partial charge in [0.05, 0.1) is 12.7 Å². The smallest absolute Gasteiger partial charge is 0.303 e. The molecule has 7 unspecified atom stereocenters. The minimum Gasteiger partial charge on any atom is -0.463 e. The molecule has 12 heteroatoms. The van der Waals surface area contributed by atoms with Gasteiger partial charge in [-0.05, 0) is 17.7 Å². The second-order valence-electron chi connectivity index (χ2n) is 9.08. The SMILES string of the molecule is CC(=O)OCC1CC(OC(C)=O)C(OC(C)=O)[C@@H](c2cccc(C#CC3OC(CO)[C@@H](O)C(O)C3O)c2)O1. The topological polar surface area (TPSA) is 178 Å². The first-order valence-corrected chi connectivity index (χ1v) is 12.1. The van der Waals surface area contributed by atoms with Crippen molar-refractivity contribution in [2.45, 2.75) is 82.1 Å². The molecule has 2 saturated heterocycles. The standard InChI is InChI=1S/C26H32O12/c1-13(28)34-12-18-10-20(35-14(2)29)26(36-15(3)30)25(37-18)17-6-4-5-16(9-17)7-8-19-22(31)24(33)23(32)21(11-27)38-19/h4-6,9,18-27,31-33H,10-12H2,1-3H3/t18?,19?,20?,21?,22?,23-,24?,25-,26?/m1/s1. The number of ether oxygens (including phenoxy) is 5. The minimum absolute atomic E-state index is 0.104. The van der Waals surface area contributed by atoms with Gasteiger partial charge in [0.25, 0.3) is 0 Å². The van der Waals surface area contributed by atoms with Crippen LogP contribution in [0.15, 0.2) is 24.3 Å². The number of benzene rings is 1. The predicted octanol–water partition coefficient (Wildman–Crippen LogP) is -0.863. The summed E-state index contributed by atoms with van der Waals surface area (Å²) >= 11 is 0. The van der Waals surface area contributed by atoms with Gasteiger partial charge in [0, 0.05) is 32.8 Å². The molecule has 2 fully saturated rings. The molecular weight excluding hydrogens is 504 g/mol. The Balaban J connectivity index is 1.90. The third kappa shape index (κ3) is 7.50. The summed E-state index contributed by atoms with van der Waals surface area (Å²) in [4.78, 5) is 35.0. The average molecular weight is 537 g/mol. The molecule has 0 spiro atoms. The summed E-state index contributed by atoms with van der Waals surface area (Å²) in [7, 11) is 0. The molecule has 2 heterocycles. The maximum Gasteiger partial charge on any atom is 0.303 e. The lowest BCUT2D eigenvalue weighted by Crippen LogP contribution is -2.58. The summed E-state index contributed by atoms with van der Waals surface area (Å²) < 4.78 is 27.5. The van der Waals surface area contributed by atoms with Crippen molar-refractivity contribution >= 4 is 17.9 Å². The molecule has 0 aliphatic carbocycles. The fourth-order valence-corrected chi connectivity index (χ4v) is 4.34. The van der Waals surface area contributed by atoms with Crippen LogP contribution in [0, 0.1) is 11.8 Å². The zero-order valence-corrected chi connectivity index (χ0v) is 21.2. The monoisotopic (exact) mass is 536 g/mol. The van der Waals surface area contributed by atoms with Crippen LogP contribution in [0.5, 0.6) is 0 Å². The number of esters is 3. The molecule has 4 N–H and O–H groups in total. The fourth-order valence-electron chi connectivity index (χ4n) is 4.34. The largest absolute Gasteiger partial charge is 0.463 e. The van der Waals surface area contributed by atoms with E-state index in [2.05, 4.69) is 11.8 Å². The quantitative estimate of drug-likeness (QED) is 0.201. The van der Waals surface area contributed by atoms with Crippen molar-refractivity contribution in [3.8, 4) is 11.8 Å². The zero-order chi connectivity index (χ0) is 28.0. The first kappa shape index (κ1) is 29.5. The number of hydrogen-bond acceptors (Lipinski definition) is 12. The van der Waals surface area contributed by atoms with Gasteiger partial charge in [-0.25, -0.2) is 0 Å². The molecule has 12 nitrogen and oxygen atoms in total. The van der Waals surface area contributed by atoms with Crippen molar-refractivity contribution in [2.24, 2.45) is 0 Å². The molecule has 1 aromatic rings. The van der Waals surface area contributed by atoms with Crippen LogP contribution in [-0.2, 0) is 38.1 Å². The Hall–Kier alpha value is -3.05. The molecule has 0 radical (unpaired) electrons. The van der Waals surface area contributed by atoms with Crippen LogP contribution < -0.4 is 0 Å². The van der Waals surface area contributed by atoms with E-state index in [9.17, 15) is 34.8 Å². The van der Waals surface area contributed by atoms with Crippen LogP contribution in [0.2, 0.25) is 0 Å². The van der Waals surface area contributed by atoms with Crippen molar-refractivity contribution in [3.05, 3.63) is 35.4 Å². The molecule has 2 aliphatic heterocycles. The molecule has 208 valence electrons.